The summed E-state index contributed by atoms with van der Waals surface area (Å²) >= 11 is 0. The zero-order valence-corrected chi connectivity index (χ0v) is 14.5. The fourth-order valence-electron chi connectivity index (χ4n) is 2.48. The van der Waals surface area contributed by atoms with Crippen LogP contribution in [0.4, 0.5) is 11.4 Å². The van der Waals surface area contributed by atoms with Crippen molar-refractivity contribution in [2.24, 2.45) is 5.10 Å². The molecule has 25 heavy (non-hydrogen) atoms. The van der Waals surface area contributed by atoms with Crippen molar-refractivity contribution in [1.29, 1.82) is 0 Å². The summed E-state index contributed by atoms with van der Waals surface area (Å²) in [7, 11) is 0. The van der Waals surface area contributed by atoms with Crippen LogP contribution in [0.5, 0.6) is 0 Å². The average Bonchev–Trinajstić information content (AvgIpc) is 2.88. The highest BCUT2D eigenvalue weighted by molar-refractivity contribution is 6.03. The minimum absolute atomic E-state index is 0.0150. The topological polar surface area (TPSA) is 110 Å². The van der Waals surface area contributed by atoms with Crippen LogP contribution in [-0.2, 0) is 4.74 Å². The van der Waals surface area contributed by atoms with Crippen molar-refractivity contribution in [3.8, 4) is 0 Å². The number of H-pyrrole nitrogens is 1. The standard InChI is InChI=1S/C17H20N4O4/c1-5-25-17(22)15-10(2)16(18-11(15)3)12(4)19-20-13-6-8-14(9-7-13)21(23)24/h6-9,18,20H,5H2,1-4H3/b19-12-. The van der Waals surface area contributed by atoms with Gasteiger partial charge in [0.25, 0.3) is 5.69 Å². The van der Waals surface area contributed by atoms with Gasteiger partial charge in [-0.05, 0) is 45.4 Å². The van der Waals surface area contributed by atoms with Crippen molar-refractivity contribution >= 4 is 23.1 Å². The molecule has 0 bridgehead atoms. The third-order valence-corrected chi connectivity index (χ3v) is 3.71. The minimum Gasteiger partial charge on any atom is -0.462 e. The molecule has 0 amide bonds. The Morgan fingerprint density at radius 2 is 1.96 bits per heavy atom. The number of nitro benzene ring substituents is 1. The number of carbonyl (C=O) groups excluding carboxylic acids is 1. The molecule has 0 saturated carbocycles. The summed E-state index contributed by atoms with van der Waals surface area (Å²) in [6.07, 6.45) is 0. The Morgan fingerprint density at radius 1 is 1.32 bits per heavy atom. The maximum Gasteiger partial charge on any atom is 0.340 e. The maximum absolute atomic E-state index is 12.0. The fourth-order valence-corrected chi connectivity index (χ4v) is 2.48. The van der Waals surface area contributed by atoms with Crippen molar-refractivity contribution in [2.45, 2.75) is 27.7 Å². The molecule has 2 rings (SSSR count). The number of aryl methyl sites for hydroxylation is 1. The molecule has 0 radical (unpaired) electrons. The molecule has 0 fully saturated rings. The van der Waals surface area contributed by atoms with Gasteiger partial charge in [0.05, 0.1) is 34.2 Å². The van der Waals surface area contributed by atoms with Crippen molar-refractivity contribution in [3.05, 3.63) is 56.9 Å². The Morgan fingerprint density at radius 3 is 2.52 bits per heavy atom. The summed E-state index contributed by atoms with van der Waals surface area (Å²) in [4.78, 5) is 25.4. The molecule has 0 aliphatic carbocycles. The van der Waals surface area contributed by atoms with E-state index in [1.54, 1.807) is 32.9 Å². The Hall–Kier alpha value is -3.16. The van der Waals surface area contributed by atoms with Crippen LogP contribution in [-0.4, -0.2) is 28.2 Å². The van der Waals surface area contributed by atoms with Gasteiger partial charge in [0.15, 0.2) is 0 Å². The molecular formula is C17H20N4O4. The van der Waals surface area contributed by atoms with Gasteiger partial charge in [0.2, 0.25) is 0 Å². The van der Waals surface area contributed by atoms with E-state index in [0.717, 1.165) is 17.0 Å². The molecule has 1 aromatic heterocycles. The number of rotatable bonds is 6. The summed E-state index contributed by atoms with van der Waals surface area (Å²) in [5, 5.41) is 14.9. The molecule has 0 unspecified atom stereocenters. The molecule has 0 aliphatic heterocycles. The summed E-state index contributed by atoms with van der Waals surface area (Å²) in [5.41, 5.74) is 6.86. The first-order valence-corrected chi connectivity index (χ1v) is 7.76. The van der Waals surface area contributed by atoms with Gasteiger partial charge in [-0.1, -0.05) is 0 Å². The number of carbonyl (C=O) groups is 1. The molecule has 8 heteroatoms. The molecule has 0 spiro atoms. The summed E-state index contributed by atoms with van der Waals surface area (Å²) in [6, 6.07) is 5.95. The van der Waals surface area contributed by atoms with Crippen LogP contribution >= 0.6 is 0 Å². The second-order valence-corrected chi connectivity index (χ2v) is 5.46. The van der Waals surface area contributed by atoms with Crippen molar-refractivity contribution < 1.29 is 14.5 Å². The zero-order valence-electron chi connectivity index (χ0n) is 14.5. The average molecular weight is 344 g/mol. The van der Waals surface area contributed by atoms with Crippen molar-refractivity contribution in [2.75, 3.05) is 12.0 Å². The van der Waals surface area contributed by atoms with Crippen LogP contribution in [0.1, 0.15) is 41.2 Å². The van der Waals surface area contributed by atoms with Crippen LogP contribution in [0, 0.1) is 24.0 Å². The van der Waals surface area contributed by atoms with E-state index in [-0.39, 0.29) is 11.7 Å². The molecule has 0 aliphatic rings. The van der Waals surface area contributed by atoms with Crippen LogP contribution < -0.4 is 5.43 Å². The highest BCUT2D eigenvalue weighted by Crippen LogP contribution is 2.20. The lowest BCUT2D eigenvalue weighted by atomic mass is 10.1. The number of non-ortho nitro benzene ring substituents is 1. The Bertz CT molecular complexity index is 822. The van der Waals surface area contributed by atoms with Crippen LogP contribution in [0.3, 0.4) is 0 Å². The predicted molar refractivity (Wildman–Crippen MR) is 95.2 cm³/mol. The van der Waals surface area contributed by atoms with E-state index in [1.807, 2.05) is 6.92 Å². The van der Waals surface area contributed by atoms with Gasteiger partial charge in [-0.3, -0.25) is 15.5 Å². The Kier molecular flexibility index (Phi) is 5.53. The van der Waals surface area contributed by atoms with Gasteiger partial charge in [0.1, 0.15) is 0 Å². The van der Waals surface area contributed by atoms with Gasteiger partial charge < -0.3 is 9.72 Å². The lowest BCUT2D eigenvalue weighted by Gasteiger charge is -2.04. The van der Waals surface area contributed by atoms with E-state index in [4.69, 9.17) is 4.74 Å². The highest BCUT2D eigenvalue weighted by atomic mass is 16.6. The first kappa shape index (κ1) is 18.2. The number of hydrogen-bond donors (Lipinski definition) is 2. The fraction of sp³-hybridized carbons (Fsp3) is 0.294. The smallest absolute Gasteiger partial charge is 0.340 e. The van der Waals surface area contributed by atoms with E-state index in [1.165, 1.54) is 12.1 Å². The molecule has 0 atom stereocenters. The number of aromatic nitrogens is 1. The number of esters is 1. The monoisotopic (exact) mass is 344 g/mol. The van der Waals surface area contributed by atoms with Gasteiger partial charge in [0, 0.05) is 17.8 Å². The Labute approximate surface area is 145 Å². The van der Waals surface area contributed by atoms with Gasteiger partial charge in [-0.15, -0.1) is 0 Å². The first-order valence-electron chi connectivity index (χ1n) is 7.76. The number of nitrogens with zero attached hydrogens (tertiary/aromatic N) is 2. The van der Waals surface area contributed by atoms with E-state index in [0.29, 0.717) is 23.6 Å². The predicted octanol–water partition coefficient (Wildman–Crippen LogP) is 3.55. The number of aromatic amines is 1. The number of anilines is 1. The minimum atomic E-state index is -0.458. The van der Waals surface area contributed by atoms with Crippen LogP contribution in [0.25, 0.3) is 0 Å². The number of hydrazone groups is 1. The second-order valence-electron chi connectivity index (χ2n) is 5.46. The van der Waals surface area contributed by atoms with Crippen molar-refractivity contribution in [3.63, 3.8) is 0 Å². The van der Waals surface area contributed by atoms with E-state index in [9.17, 15) is 14.9 Å². The molecule has 0 saturated heterocycles. The van der Waals surface area contributed by atoms with E-state index in [2.05, 4.69) is 15.5 Å². The number of benzene rings is 1. The normalized spacial score (nSPS) is 11.3. The lowest BCUT2D eigenvalue weighted by molar-refractivity contribution is -0.384. The molecule has 2 aromatic rings. The molecule has 2 N–H and O–H groups in total. The molecular weight excluding hydrogens is 324 g/mol. The van der Waals surface area contributed by atoms with Crippen LogP contribution in [0.15, 0.2) is 29.4 Å². The number of hydrogen-bond acceptors (Lipinski definition) is 6. The van der Waals surface area contributed by atoms with Crippen molar-refractivity contribution in [1.82, 2.24) is 4.98 Å². The molecule has 1 aromatic carbocycles. The summed E-state index contributed by atoms with van der Waals surface area (Å²) in [6.45, 7) is 7.51. The number of ether oxygens (including phenoxy) is 1. The van der Waals surface area contributed by atoms with Crippen LogP contribution in [0.2, 0.25) is 0 Å². The largest absolute Gasteiger partial charge is 0.462 e. The third-order valence-electron chi connectivity index (χ3n) is 3.71. The quantitative estimate of drug-likeness (QED) is 0.360. The lowest BCUT2D eigenvalue weighted by Crippen LogP contribution is -2.07. The molecule has 132 valence electrons. The van der Waals surface area contributed by atoms with Gasteiger partial charge in [-0.2, -0.15) is 5.10 Å². The summed E-state index contributed by atoms with van der Waals surface area (Å²) < 4.78 is 5.07. The van der Waals surface area contributed by atoms with Gasteiger partial charge in [-0.25, -0.2) is 4.79 Å². The molecule has 8 nitrogen and oxygen atoms in total. The first-order chi connectivity index (χ1) is 11.8. The highest BCUT2D eigenvalue weighted by Gasteiger charge is 2.20. The third kappa shape index (κ3) is 4.03. The number of nitrogens with one attached hydrogen (secondary N) is 2. The Balaban J connectivity index is 2.21. The van der Waals surface area contributed by atoms with E-state index >= 15 is 0 Å². The summed E-state index contributed by atoms with van der Waals surface area (Å²) in [5.74, 6) is -0.365. The zero-order chi connectivity index (χ0) is 18.6. The second kappa shape index (κ2) is 7.61. The number of nitro groups is 1. The SMILES string of the molecule is CCOC(=O)c1c(C)[nH]c(/C(C)=N\Nc2ccc([N+](=O)[O-])cc2)c1C. The van der Waals surface area contributed by atoms with E-state index < -0.39 is 4.92 Å². The maximum atomic E-state index is 12.0. The molecule has 1 heterocycles. The van der Waals surface area contributed by atoms with Gasteiger partial charge >= 0.3 is 5.97 Å².